The highest BCUT2D eigenvalue weighted by atomic mass is 32.1. The first-order valence-corrected chi connectivity index (χ1v) is 8.90. The molecule has 2 aromatic carbocycles. The number of hydrogen-bond acceptors (Lipinski definition) is 4. The van der Waals surface area contributed by atoms with Gasteiger partial charge in [-0.15, -0.1) is 0 Å². The Morgan fingerprint density at radius 2 is 1.92 bits per heavy atom. The summed E-state index contributed by atoms with van der Waals surface area (Å²) in [5, 5.41) is 7.16. The smallest absolute Gasteiger partial charge is 0.171 e. The molecule has 1 heterocycles. The molecule has 0 radical (unpaired) electrons. The molecule has 3 rings (SSSR count). The summed E-state index contributed by atoms with van der Waals surface area (Å²) in [4.78, 5) is 0. The zero-order chi connectivity index (χ0) is 18.7. The lowest BCUT2D eigenvalue weighted by atomic mass is 9.90. The topological polar surface area (TPSA) is 51.8 Å². The van der Waals surface area contributed by atoms with Crippen molar-refractivity contribution < 1.29 is 14.2 Å². The van der Waals surface area contributed by atoms with E-state index in [1.165, 1.54) is 0 Å². The average molecular weight is 372 g/mol. The first kappa shape index (κ1) is 18.3. The van der Waals surface area contributed by atoms with Gasteiger partial charge in [-0.05, 0) is 44.3 Å². The van der Waals surface area contributed by atoms with Gasteiger partial charge in [-0.1, -0.05) is 18.2 Å². The molecular formula is C20H24N2O3S. The molecule has 0 spiro atoms. The lowest BCUT2D eigenvalue weighted by molar-refractivity contribution is 0.0697. The number of benzene rings is 2. The fraction of sp³-hybridized carbons (Fsp3) is 0.350. The molecule has 1 atom stereocenters. The Bertz CT molecular complexity index is 807. The van der Waals surface area contributed by atoms with E-state index in [2.05, 4.69) is 30.5 Å². The summed E-state index contributed by atoms with van der Waals surface area (Å²) >= 11 is 5.54. The lowest BCUT2D eigenvalue weighted by Crippen LogP contribution is -2.42. The highest BCUT2D eigenvalue weighted by Gasteiger charge is 2.33. The molecule has 2 aromatic rings. The van der Waals surface area contributed by atoms with E-state index in [0.29, 0.717) is 10.9 Å². The quantitative estimate of drug-likeness (QED) is 0.781. The van der Waals surface area contributed by atoms with Crippen molar-refractivity contribution in [3.05, 3.63) is 48.0 Å². The number of fused-ring (bicyclic) bond motifs is 1. The minimum atomic E-state index is -0.264. The highest BCUT2D eigenvalue weighted by Crippen LogP contribution is 2.39. The molecule has 1 aliphatic heterocycles. The molecule has 26 heavy (non-hydrogen) atoms. The SMILES string of the molecule is COc1ccc(NC(=S)N[C@H]2CC(C)(C)Oc3ccccc32)c(OC)c1. The minimum absolute atomic E-state index is 0.0687. The normalized spacial score (nSPS) is 17.5. The first-order valence-electron chi connectivity index (χ1n) is 8.49. The van der Waals surface area contributed by atoms with Crippen LogP contribution in [0.2, 0.25) is 0 Å². The molecule has 0 saturated carbocycles. The van der Waals surface area contributed by atoms with Crippen LogP contribution in [0.15, 0.2) is 42.5 Å². The van der Waals surface area contributed by atoms with Gasteiger partial charge in [-0.25, -0.2) is 0 Å². The molecule has 0 aliphatic carbocycles. The maximum Gasteiger partial charge on any atom is 0.171 e. The van der Waals surface area contributed by atoms with E-state index in [-0.39, 0.29) is 11.6 Å². The molecular weight excluding hydrogens is 348 g/mol. The van der Waals surface area contributed by atoms with Crippen molar-refractivity contribution in [3.8, 4) is 17.2 Å². The molecule has 0 fully saturated rings. The molecule has 6 heteroatoms. The fourth-order valence-corrected chi connectivity index (χ4v) is 3.40. The molecule has 5 nitrogen and oxygen atoms in total. The number of rotatable bonds is 4. The maximum absolute atomic E-state index is 6.07. The summed E-state index contributed by atoms with van der Waals surface area (Å²) in [5.74, 6) is 2.29. The molecule has 0 unspecified atom stereocenters. The Kier molecular flexibility index (Phi) is 5.23. The monoisotopic (exact) mass is 372 g/mol. The van der Waals surface area contributed by atoms with Gasteiger partial charge in [0.1, 0.15) is 22.8 Å². The third-order valence-corrected chi connectivity index (χ3v) is 4.56. The van der Waals surface area contributed by atoms with Crippen LogP contribution in [0.1, 0.15) is 31.9 Å². The predicted molar refractivity (Wildman–Crippen MR) is 107 cm³/mol. The van der Waals surface area contributed by atoms with E-state index in [1.54, 1.807) is 14.2 Å². The van der Waals surface area contributed by atoms with Crippen molar-refractivity contribution in [3.63, 3.8) is 0 Å². The number of para-hydroxylation sites is 1. The summed E-state index contributed by atoms with van der Waals surface area (Å²) < 4.78 is 16.7. The third-order valence-electron chi connectivity index (χ3n) is 4.34. The van der Waals surface area contributed by atoms with E-state index in [4.69, 9.17) is 26.4 Å². The third kappa shape index (κ3) is 4.02. The van der Waals surface area contributed by atoms with Crippen molar-refractivity contribution in [2.45, 2.75) is 31.9 Å². The lowest BCUT2D eigenvalue weighted by Gasteiger charge is -2.38. The van der Waals surface area contributed by atoms with E-state index in [9.17, 15) is 0 Å². The number of methoxy groups -OCH3 is 2. The maximum atomic E-state index is 6.07. The fourth-order valence-electron chi connectivity index (χ4n) is 3.15. The van der Waals surface area contributed by atoms with E-state index < -0.39 is 0 Å². The standard InChI is InChI=1S/C20H24N2O3S/c1-20(2)12-16(14-7-5-6-8-17(14)25-20)22-19(26)21-15-10-9-13(23-3)11-18(15)24-4/h5-11,16H,12H2,1-4H3,(H2,21,22,26)/t16-/m0/s1. The number of anilines is 1. The summed E-state index contributed by atoms with van der Waals surface area (Å²) in [5.41, 5.74) is 1.63. The second kappa shape index (κ2) is 7.41. The zero-order valence-electron chi connectivity index (χ0n) is 15.5. The van der Waals surface area contributed by atoms with E-state index >= 15 is 0 Å². The minimum Gasteiger partial charge on any atom is -0.497 e. The average Bonchev–Trinajstić information content (AvgIpc) is 2.61. The van der Waals surface area contributed by atoms with Crippen molar-refractivity contribution in [1.29, 1.82) is 0 Å². The first-order chi connectivity index (χ1) is 12.4. The summed E-state index contributed by atoms with van der Waals surface area (Å²) in [6.07, 6.45) is 0.811. The molecule has 0 aromatic heterocycles. The van der Waals surface area contributed by atoms with Crippen LogP contribution in [0.4, 0.5) is 5.69 Å². The van der Waals surface area contributed by atoms with Gasteiger partial charge in [0.25, 0.3) is 0 Å². The summed E-state index contributed by atoms with van der Waals surface area (Å²) in [6, 6.07) is 13.7. The van der Waals surface area contributed by atoms with Crippen LogP contribution < -0.4 is 24.8 Å². The van der Waals surface area contributed by atoms with Crippen LogP contribution in [-0.2, 0) is 0 Å². The van der Waals surface area contributed by atoms with Crippen LogP contribution >= 0.6 is 12.2 Å². The Morgan fingerprint density at radius 1 is 1.15 bits per heavy atom. The van der Waals surface area contributed by atoms with Crippen molar-refractivity contribution in [2.24, 2.45) is 0 Å². The second-order valence-electron chi connectivity index (χ2n) is 6.82. The molecule has 0 saturated heterocycles. The van der Waals surface area contributed by atoms with Crippen LogP contribution in [0, 0.1) is 0 Å². The highest BCUT2D eigenvalue weighted by molar-refractivity contribution is 7.80. The van der Waals surface area contributed by atoms with Gasteiger partial charge < -0.3 is 24.8 Å². The van der Waals surface area contributed by atoms with Gasteiger partial charge >= 0.3 is 0 Å². The van der Waals surface area contributed by atoms with Gasteiger partial charge in [0.15, 0.2) is 5.11 Å². The van der Waals surface area contributed by atoms with Gasteiger partial charge in [0.2, 0.25) is 0 Å². The van der Waals surface area contributed by atoms with E-state index in [0.717, 1.165) is 29.2 Å². The number of thiocarbonyl (C=S) groups is 1. The summed E-state index contributed by atoms with van der Waals surface area (Å²) in [7, 11) is 3.24. The van der Waals surface area contributed by atoms with Gasteiger partial charge in [-0.2, -0.15) is 0 Å². The van der Waals surface area contributed by atoms with Crippen molar-refractivity contribution in [1.82, 2.24) is 5.32 Å². The Balaban J connectivity index is 1.76. The van der Waals surface area contributed by atoms with Crippen LogP contribution in [0.5, 0.6) is 17.2 Å². The van der Waals surface area contributed by atoms with Gasteiger partial charge in [0, 0.05) is 18.1 Å². The van der Waals surface area contributed by atoms with Gasteiger partial charge in [-0.3, -0.25) is 0 Å². The summed E-state index contributed by atoms with van der Waals surface area (Å²) in [6.45, 7) is 4.17. The van der Waals surface area contributed by atoms with Crippen molar-refractivity contribution in [2.75, 3.05) is 19.5 Å². The number of nitrogens with one attached hydrogen (secondary N) is 2. The second-order valence-corrected chi connectivity index (χ2v) is 7.23. The zero-order valence-corrected chi connectivity index (χ0v) is 16.3. The van der Waals surface area contributed by atoms with Gasteiger partial charge in [0.05, 0.1) is 25.9 Å². The largest absolute Gasteiger partial charge is 0.497 e. The van der Waals surface area contributed by atoms with Crippen LogP contribution in [-0.4, -0.2) is 24.9 Å². The van der Waals surface area contributed by atoms with Crippen LogP contribution in [0.25, 0.3) is 0 Å². The number of ether oxygens (including phenoxy) is 3. The molecule has 2 N–H and O–H groups in total. The molecule has 138 valence electrons. The molecule has 1 aliphatic rings. The van der Waals surface area contributed by atoms with Crippen LogP contribution in [0.3, 0.4) is 0 Å². The molecule has 0 bridgehead atoms. The van der Waals surface area contributed by atoms with E-state index in [1.807, 2.05) is 36.4 Å². The molecule has 0 amide bonds. The predicted octanol–water partition coefficient (Wildman–Crippen LogP) is 4.29. The Labute approximate surface area is 159 Å². The Morgan fingerprint density at radius 3 is 2.65 bits per heavy atom. The van der Waals surface area contributed by atoms with Crippen molar-refractivity contribution >= 4 is 23.0 Å². The Hall–Kier alpha value is -2.47. The number of hydrogen-bond donors (Lipinski definition) is 2.